The molecule has 0 aromatic rings. The number of hydrogen-bond acceptors (Lipinski definition) is 8. The summed E-state index contributed by atoms with van der Waals surface area (Å²) in [7, 11) is 0. The molecule has 0 bridgehead atoms. The van der Waals surface area contributed by atoms with E-state index in [4.69, 9.17) is 0 Å². The average Bonchev–Trinajstić information content (AvgIpc) is 2.27. The minimum absolute atomic E-state index is 0.387. The maximum absolute atomic E-state index is 4.44. The molecule has 0 aliphatic carbocycles. The third kappa shape index (κ3) is 14.9. The van der Waals surface area contributed by atoms with E-state index in [2.05, 4.69) is 37.9 Å². The summed E-state index contributed by atoms with van der Waals surface area (Å²) in [6.45, 7) is 0. The molecule has 1 unspecified atom stereocenters. The van der Waals surface area contributed by atoms with Crippen LogP contribution in [0.3, 0.4) is 0 Å². The van der Waals surface area contributed by atoms with E-state index < -0.39 is 0 Å². The first-order chi connectivity index (χ1) is 7.81. The zero-order valence-corrected chi connectivity index (χ0v) is 15.7. The lowest BCUT2D eigenvalue weighted by atomic mass is 11.0. The summed E-state index contributed by atoms with van der Waals surface area (Å²) >= 11 is 22.4. The first kappa shape index (κ1) is 18.8. The van der Waals surface area contributed by atoms with E-state index in [-0.39, 0.29) is 0 Å². The Morgan fingerprint density at radius 3 is 2.00 bits per heavy atom. The van der Waals surface area contributed by atoms with Crippen LogP contribution in [0.15, 0.2) is 0 Å². The van der Waals surface area contributed by atoms with Crippen LogP contribution >= 0.6 is 96.7 Å². The molecule has 0 N–H and O–H groups in total. The summed E-state index contributed by atoms with van der Waals surface area (Å²) in [5, 5.41) is 3.01. The second kappa shape index (κ2) is 15.9. The van der Waals surface area contributed by atoms with Gasteiger partial charge in [-0.2, -0.15) is 73.2 Å². The standard InChI is InChI=1S/C8H18S8/c9-5-12-1-2-13-7-14-3-4-15-8(11)16-6-10/h8-11H,1-7H2. The van der Waals surface area contributed by atoms with E-state index in [0.717, 1.165) is 10.2 Å². The van der Waals surface area contributed by atoms with Gasteiger partial charge in [0.05, 0.1) is 3.91 Å². The van der Waals surface area contributed by atoms with Crippen molar-refractivity contribution in [1.29, 1.82) is 0 Å². The molecule has 98 valence electrons. The third-order valence-electron chi connectivity index (χ3n) is 1.34. The van der Waals surface area contributed by atoms with Gasteiger partial charge < -0.3 is 0 Å². The summed E-state index contributed by atoms with van der Waals surface area (Å²) < 4.78 is 0.387. The largest absolute Gasteiger partial charge is 0.168 e. The molecule has 0 amide bonds. The highest BCUT2D eigenvalue weighted by Crippen LogP contribution is 2.28. The van der Waals surface area contributed by atoms with Gasteiger partial charge in [0.25, 0.3) is 0 Å². The van der Waals surface area contributed by atoms with E-state index in [1.165, 1.54) is 28.1 Å². The highest BCUT2D eigenvalue weighted by Gasteiger charge is 2.01. The third-order valence-corrected chi connectivity index (χ3v) is 8.71. The lowest BCUT2D eigenvalue weighted by Crippen LogP contribution is -1.92. The quantitative estimate of drug-likeness (QED) is 0.260. The average molecular weight is 371 g/mol. The zero-order valence-electron chi connectivity index (χ0n) is 8.91. The summed E-state index contributed by atoms with van der Waals surface area (Å²) in [6, 6.07) is 0. The Morgan fingerprint density at radius 1 is 0.750 bits per heavy atom. The minimum Gasteiger partial charge on any atom is -0.168 e. The first-order valence-corrected chi connectivity index (χ1v) is 12.0. The molecule has 0 fully saturated rings. The minimum atomic E-state index is 0.387. The second-order valence-electron chi connectivity index (χ2n) is 2.45. The van der Waals surface area contributed by atoms with Crippen LogP contribution in [-0.4, -0.2) is 42.2 Å². The molecule has 0 aliphatic rings. The molecule has 0 aliphatic heterocycles. The number of thiol groups is 3. The Hall–Kier alpha value is 2.80. The van der Waals surface area contributed by atoms with Gasteiger partial charge in [-0.1, -0.05) is 0 Å². The van der Waals surface area contributed by atoms with Gasteiger partial charge in [0.1, 0.15) is 0 Å². The van der Waals surface area contributed by atoms with E-state index in [1.807, 2.05) is 47.0 Å². The Kier molecular flexibility index (Phi) is 18.6. The Balaban J connectivity index is 2.98. The predicted molar refractivity (Wildman–Crippen MR) is 103 cm³/mol. The Morgan fingerprint density at radius 2 is 1.38 bits per heavy atom. The van der Waals surface area contributed by atoms with Crippen LogP contribution in [0.2, 0.25) is 0 Å². The molecule has 0 aromatic carbocycles. The molecule has 0 radical (unpaired) electrons. The molecule has 1 atom stereocenters. The number of hydrogen-bond donors (Lipinski definition) is 3. The highest BCUT2D eigenvalue weighted by atomic mass is 32.3. The summed E-state index contributed by atoms with van der Waals surface area (Å²) in [5.41, 5.74) is 0. The van der Waals surface area contributed by atoms with Gasteiger partial charge in [0.2, 0.25) is 0 Å². The van der Waals surface area contributed by atoms with Crippen molar-refractivity contribution in [2.45, 2.75) is 3.91 Å². The lowest BCUT2D eigenvalue weighted by Gasteiger charge is -2.07. The normalized spacial score (nSPS) is 12.9. The maximum atomic E-state index is 4.44. The molecule has 0 heterocycles. The number of thioether (sulfide) groups is 5. The van der Waals surface area contributed by atoms with Gasteiger partial charge in [-0.25, -0.2) is 0 Å². The molecule has 0 saturated heterocycles. The summed E-state index contributed by atoms with van der Waals surface area (Å²) in [6.07, 6.45) is 0. The highest BCUT2D eigenvalue weighted by molar-refractivity contribution is 8.30. The molecule has 0 spiro atoms. The van der Waals surface area contributed by atoms with Crippen molar-refractivity contribution in [1.82, 2.24) is 0 Å². The van der Waals surface area contributed by atoms with Gasteiger partial charge in [-0.05, 0) is 0 Å². The molecule has 0 saturated carbocycles. The van der Waals surface area contributed by atoms with Crippen LogP contribution in [0.25, 0.3) is 0 Å². The second-order valence-corrected chi connectivity index (χ2v) is 11.4. The predicted octanol–water partition coefficient (Wildman–Crippen LogP) is 4.60. The molecular weight excluding hydrogens is 353 g/mol. The van der Waals surface area contributed by atoms with Crippen molar-refractivity contribution in [2.24, 2.45) is 0 Å². The lowest BCUT2D eigenvalue weighted by molar-refractivity contribution is 1.54. The molecule has 8 heteroatoms. The van der Waals surface area contributed by atoms with Crippen LogP contribution < -0.4 is 0 Å². The van der Waals surface area contributed by atoms with Gasteiger partial charge >= 0.3 is 0 Å². The Bertz CT molecular complexity index is 133. The fourth-order valence-corrected chi connectivity index (χ4v) is 7.26. The van der Waals surface area contributed by atoms with Crippen molar-refractivity contribution in [2.75, 3.05) is 38.3 Å². The van der Waals surface area contributed by atoms with E-state index in [9.17, 15) is 0 Å². The van der Waals surface area contributed by atoms with Crippen molar-refractivity contribution < 1.29 is 0 Å². The molecule has 0 rings (SSSR count). The summed E-state index contributed by atoms with van der Waals surface area (Å²) in [5.74, 6) is 4.88. The van der Waals surface area contributed by atoms with Gasteiger partial charge in [-0.15, -0.1) is 23.5 Å². The first-order valence-electron chi connectivity index (χ1n) is 4.67. The molecule has 16 heavy (non-hydrogen) atoms. The molecular formula is C8H18S8. The van der Waals surface area contributed by atoms with Gasteiger partial charge in [-0.3, -0.25) is 0 Å². The van der Waals surface area contributed by atoms with Crippen molar-refractivity contribution in [3.8, 4) is 0 Å². The van der Waals surface area contributed by atoms with Gasteiger partial charge in [0, 0.05) is 38.3 Å². The monoisotopic (exact) mass is 370 g/mol. The zero-order chi connectivity index (χ0) is 12.1. The SMILES string of the molecule is SCSCCSCSCCSC(S)SCS. The van der Waals surface area contributed by atoms with Crippen LogP contribution in [0.5, 0.6) is 0 Å². The van der Waals surface area contributed by atoms with E-state index in [1.54, 1.807) is 11.8 Å². The van der Waals surface area contributed by atoms with Gasteiger partial charge in [0.15, 0.2) is 0 Å². The smallest absolute Gasteiger partial charge is 0.0936 e. The van der Waals surface area contributed by atoms with Crippen LogP contribution in [0.1, 0.15) is 0 Å². The van der Waals surface area contributed by atoms with Crippen molar-refractivity contribution in [3.05, 3.63) is 0 Å². The number of rotatable bonds is 12. The van der Waals surface area contributed by atoms with E-state index >= 15 is 0 Å². The molecule has 0 nitrogen and oxygen atoms in total. The summed E-state index contributed by atoms with van der Waals surface area (Å²) in [4.78, 5) is 0. The topological polar surface area (TPSA) is 0 Å². The Labute approximate surface area is 137 Å². The molecule has 0 aromatic heterocycles. The van der Waals surface area contributed by atoms with Crippen LogP contribution in [-0.2, 0) is 0 Å². The fourth-order valence-electron chi connectivity index (χ4n) is 0.679. The van der Waals surface area contributed by atoms with Crippen LogP contribution in [0, 0.1) is 0 Å². The van der Waals surface area contributed by atoms with Crippen molar-refractivity contribution in [3.63, 3.8) is 0 Å². The van der Waals surface area contributed by atoms with E-state index in [0.29, 0.717) is 3.91 Å². The fraction of sp³-hybridized carbons (Fsp3) is 1.00. The maximum Gasteiger partial charge on any atom is 0.0936 e. The van der Waals surface area contributed by atoms with Crippen LogP contribution in [0.4, 0.5) is 0 Å². The van der Waals surface area contributed by atoms with Crippen molar-refractivity contribution >= 4 is 96.7 Å².